The van der Waals surface area contributed by atoms with Crippen LogP contribution in [0.2, 0.25) is 5.02 Å². The molecular formula is C14H11ClN2O. The van der Waals surface area contributed by atoms with Crippen molar-refractivity contribution in [1.29, 1.82) is 0 Å². The Hall–Kier alpha value is -2.00. The third-order valence-corrected chi connectivity index (χ3v) is 3.31. The zero-order valence-electron chi connectivity index (χ0n) is 9.76. The Bertz CT molecular complexity index is 734. The summed E-state index contributed by atoms with van der Waals surface area (Å²) >= 11 is 6.19. The molecule has 1 heterocycles. The second-order valence-electron chi connectivity index (χ2n) is 4.15. The SMILES string of the molecule is Cn1c(-c2ccccc2Cl)nc2ccc(O)cc21. The van der Waals surface area contributed by atoms with E-state index in [1.165, 1.54) is 0 Å². The van der Waals surface area contributed by atoms with E-state index in [1.807, 2.05) is 35.9 Å². The summed E-state index contributed by atoms with van der Waals surface area (Å²) in [6.45, 7) is 0. The van der Waals surface area contributed by atoms with E-state index in [9.17, 15) is 5.11 Å². The largest absolute Gasteiger partial charge is 0.508 e. The van der Waals surface area contributed by atoms with Gasteiger partial charge in [0.15, 0.2) is 0 Å². The number of aromatic hydroxyl groups is 1. The number of benzene rings is 2. The fourth-order valence-electron chi connectivity index (χ4n) is 2.06. The Kier molecular flexibility index (Phi) is 2.49. The monoisotopic (exact) mass is 258 g/mol. The van der Waals surface area contributed by atoms with Gasteiger partial charge in [-0.05, 0) is 24.3 Å². The number of rotatable bonds is 1. The van der Waals surface area contributed by atoms with Crippen LogP contribution in [0.3, 0.4) is 0 Å². The summed E-state index contributed by atoms with van der Waals surface area (Å²) in [7, 11) is 1.91. The van der Waals surface area contributed by atoms with E-state index >= 15 is 0 Å². The van der Waals surface area contributed by atoms with E-state index in [2.05, 4.69) is 4.98 Å². The second-order valence-corrected chi connectivity index (χ2v) is 4.55. The van der Waals surface area contributed by atoms with Gasteiger partial charge in [-0.1, -0.05) is 23.7 Å². The molecule has 3 nitrogen and oxygen atoms in total. The maximum absolute atomic E-state index is 9.52. The summed E-state index contributed by atoms with van der Waals surface area (Å²) in [5.74, 6) is 1.03. The number of halogens is 1. The predicted octanol–water partition coefficient (Wildman–Crippen LogP) is 3.60. The topological polar surface area (TPSA) is 38.0 Å². The summed E-state index contributed by atoms with van der Waals surface area (Å²) in [6.07, 6.45) is 0. The van der Waals surface area contributed by atoms with Crippen molar-refractivity contribution in [3.05, 3.63) is 47.5 Å². The molecule has 0 fully saturated rings. The number of nitrogens with zero attached hydrogens (tertiary/aromatic N) is 2. The van der Waals surface area contributed by atoms with E-state index in [4.69, 9.17) is 11.6 Å². The number of hydrogen-bond acceptors (Lipinski definition) is 2. The number of aryl methyl sites for hydroxylation is 1. The molecule has 1 aromatic heterocycles. The minimum atomic E-state index is 0.233. The molecule has 3 aromatic rings. The highest BCUT2D eigenvalue weighted by Crippen LogP contribution is 2.30. The summed E-state index contributed by atoms with van der Waals surface area (Å²) in [6, 6.07) is 12.7. The third-order valence-electron chi connectivity index (χ3n) is 2.98. The molecule has 0 aliphatic carbocycles. The smallest absolute Gasteiger partial charge is 0.142 e. The van der Waals surface area contributed by atoms with Crippen LogP contribution in [0, 0.1) is 0 Å². The van der Waals surface area contributed by atoms with Crippen molar-refractivity contribution in [1.82, 2.24) is 9.55 Å². The Morgan fingerprint density at radius 3 is 2.72 bits per heavy atom. The lowest BCUT2D eigenvalue weighted by molar-refractivity contribution is 0.476. The van der Waals surface area contributed by atoms with E-state index in [1.54, 1.807) is 18.2 Å². The number of phenolic OH excluding ortho intramolecular Hbond substituents is 1. The maximum atomic E-state index is 9.52. The molecule has 3 rings (SSSR count). The quantitative estimate of drug-likeness (QED) is 0.724. The third kappa shape index (κ3) is 1.64. The van der Waals surface area contributed by atoms with Crippen LogP contribution in [0.25, 0.3) is 22.4 Å². The summed E-state index contributed by atoms with van der Waals surface area (Å²) in [5.41, 5.74) is 2.60. The molecule has 18 heavy (non-hydrogen) atoms. The molecule has 2 aromatic carbocycles. The van der Waals surface area contributed by atoms with Gasteiger partial charge in [-0.3, -0.25) is 0 Å². The van der Waals surface area contributed by atoms with Crippen LogP contribution in [0.1, 0.15) is 0 Å². The predicted molar refractivity (Wildman–Crippen MR) is 72.8 cm³/mol. The van der Waals surface area contributed by atoms with Crippen LogP contribution >= 0.6 is 11.6 Å². The van der Waals surface area contributed by atoms with Crippen molar-refractivity contribution in [3.63, 3.8) is 0 Å². The van der Waals surface area contributed by atoms with Gasteiger partial charge < -0.3 is 9.67 Å². The zero-order valence-corrected chi connectivity index (χ0v) is 10.5. The first kappa shape index (κ1) is 11.1. The fourth-order valence-corrected chi connectivity index (χ4v) is 2.28. The lowest BCUT2D eigenvalue weighted by Crippen LogP contribution is -1.92. The van der Waals surface area contributed by atoms with Crippen molar-refractivity contribution >= 4 is 22.6 Å². The minimum Gasteiger partial charge on any atom is -0.508 e. The highest BCUT2D eigenvalue weighted by atomic mass is 35.5. The van der Waals surface area contributed by atoms with Gasteiger partial charge in [-0.15, -0.1) is 0 Å². The minimum absolute atomic E-state index is 0.233. The molecule has 0 unspecified atom stereocenters. The van der Waals surface area contributed by atoms with Gasteiger partial charge in [-0.2, -0.15) is 0 Å². The van der Waals surface area contributed by atoms with E-state index in [-0.39, 0.29) is 5.75 Å². The van der Waals surface area contributed by atoms with Crippen LogP contribution in [-0.4, -0.2) is 14.7 Å². The molecular weight excluding hydrogens is 248 g/mol. The molecule has 0 amide bonds. The van der Waals surface area contributed by atoms with Crippen molar-refractivity contribution in [2.45, 2.75) is 0 Å². The number of hydrogen-bond donors (Lipinski definition) is 1. The average Bonchev–Trinajstić information content (AvgIpc) is 2.68. The van der Waals surface area contributed by atoms with Crippen molar-refractivity contribution in [3.8, 4) is 17.1 Å². The van der Waals surface area contributed by atoms with Crippen LogP contribution in [-0.2, 0) is 7.05 Å². The highest BCUT2D eigenvalue weighted by Gasteiger charge is 2.12. The fraction of sp³-hybridized carbons (Fsp3) is 0.0714. The number of phenols is 1. The molecule has 1 N–H and O–H groups in total. The second kappa shape index (κ2) is 4.03. The van der Waals surface area contributed by atoms with Crippen LogP contribution < -0.4 is 0 Å². The molecule has 0 aliphatic rings. The Labute approximate surface area is 109 Å². The first-order valence-corrected chi connectivity index (χ1v) is 5.95. The van der Waals surface area contributed by atoms with Gasteiger partial charge in [-0.25, -0.2) is 4.98 Å². The lowest BCUT2D eigenvalue weighted by Gasteiger charge is -2.04. The normalized spacial score (nSPS) is 11.0. The van der Waals surface area contributed by atoms with Gasteiger partial charge in [0.05, 0.1) is 16.1 Å². The molecule has 0 aliphatic heterocycles. The van der Waals surface area contributed by atoms with Crippen LogP contribution in [0.15, 0.2) is 42.5 Å². The molecule has 0 saturated heterocycles. The van der Waals surface area contributed by atoms with E-state index < -0.39 is 0 Å². The van der Waals surface area contributed by atoms with Crippen LogP contribution in [0.5, 0.6) is 5.75 Å². The van der Waals surface area contributed by atoms with Crippen molar-refractivity contribution in [2.75, 3.05) is 0 Å². The van der Waals surface area contributed by atoms with E-state index in [0.717, 1.165) is 22.4 Å². The van der Waals surface area contributed by atoms with Gasteiger partial charge in [0.25, 0.3) is 0 Å². The molecule has 0 radical (unpaired) electrons. The molecule has 4 heteroatoms. The van der Waals surface area contributed by atoms with Crippen LogP contribution in [0.4, 0.5) is 0 Å². The molecule has 0 spiro atoms. The number of fused-ring (bicyclic) bond motifs is 1. The molecule has 0 bridgehead atoms. The first-order chi connectivity index (χ1) is 8.66. The highest BCUT2D eigenvalue weighted by molar-refractivity contribution is 6.33. The number of aromatic nitrogens is 2. The summed E-state index contributed by atoms with van der Waals surface area (Å²) in [5, 5.41) is 10.2. The molecule has 90 valence electrons. The lowest BCUT2D eigenvalue weighted by atomic mass is 10.2. The first-order valence-electron chi connectivity index (χ1n) is 5.57. The molecule has 0 saturated carbocycles. The average molecular weight is 259 g/mol. The van der Waals surface area contributed by atoms with Crippen molar-refractivity contribution in [2.24, 2.45) is 7.05 Å². The Morgan fingerprint density at radius 1 is 1.17 bits per heavy atom. The Morgan fingerprint density at radius 2 is 1.94 bits per heavy atom. The van der Waals surface area contributed by atoms with Gasteiger partial charge in [0.1, 0.15) is 11.6 Å². The molecule has 0 atom stereocenters. The number of imidazole rings is 1. The maximum Gasteiger partial charge on any atom is 0.142 e. The van der Waals surface area contributed by atoms with Gasteiger partial charge in [0, 0.05) is 18.7 Å². The van der Waals surface area contributed by atoms with E-state index in [0.29, 0.717) is 5.02 Å². The van der Waals surface area contributed by atoms with Crippen molar-refractivity contribution < 1.29 is 5.11 Å². The summed E-state index contributed by atoms with van der Waals surface area (Å²) in [4.78, 5) is 4.55. The zero-order chi connectivity index (χ0) is 12.7. The Balaban J connectivity index is 2.31. The van der Waals surface area contributed by atoms with Gasteiger partial charge >= 0.3 is 0 Å². The standard InChI is InChI=1S/C14H11ClN2O/c1-17-13-8-9(18)6-7-12(13)16-14(17)10-4-2-3-5-11(10)15/h2-8,18H,1H3. The van der Waals surface area contributed by atoms with Gasteiger partial charge in [0.2, 0.25) is 0 Å². The summed E-state index contributed by atoms with van der Waals surface area (Å²) < 4.78 is 1.93.